The van der Waals surface area contributed by atoms with E-state index >= 15 is 0 Å². The summed E-state index contributed by atoms with van der Waals surface area (Å²) >= 11 is 0. The van der Waals surface area contributed by atoms with Crippen molar-refractivity contribution in [2.24, 2.45) is 4.99 Å². The van der Waals surface area contributed by atoms with Crippen molar-refractivity contribution in [3.8, 4) is 11.6 Å². The summed E-state index contributed by atoms with van der Waals surface area (Å²) < 4.78 is 7.58. The van der Waals surface area contributed by atoms with E-state index in [0.717, 1.165) is 32.0 Å². The second-order valence-corrected chi connectivity index (χ2v) is 7.09. The van der Waals surface area contributed by atoms with Crippen LogP contribution < -0.4 is 10.6 Å². The molecule has 0 fully saturated rings. The average Bonchev–Trinajstić information content (AvgIpc) is 3.45. The van der Waals surface area contributed by atoms with Gasteiger partial charge in [-0.05, 0) is 43.0 Å². The van der Waals surface area contributed by atoms with Crippen LogP contribution in [0.2, 0.25) is 0 Å². The van der Waals surface area contributed by atoms with Crippen LogP contribution in [0.4, 0.5) is 0 Å². The lowest BCUT2D eigenvalue weighted by Gasteiger charge is -2.10. The van der Waals surface area contributed by atoms with Crippen LogP contribution in [0.3, 0.4) is 0 Å². The first-order valence-electron chi connectivity index (χ1n) is 10.6. The molecule has 0 aliphatic heterocycles. The Balaban J connectivity index is 0.00000289. The highest BCUT2D eigenvalue weighted by Crippen LogP contribution is 2.15. The van der Waals surface area contributed by atoms with E-state index in [1.54, 1.807) is 6.20 Å². The molecule has 9 heteroatoms. The van der Waals surface area contributed by atoms with Gasteiger partial charge in [0.15, 0.2) is 11.8 Å². The molecule has 8 nitrogen and oxygen atoms in total. The van der Waals surface area contributed by atoms with Crippen molar-refractivity contribution in [3.63, 3.8) is 0 Å². The van der Waals surface area contributed by atoms with Crippen LogP contribution in [0.1, 0.15) is 19.2 Å². The van der Waals surface area contributed by atoms with Crippen LogP contribution in [0.5, 0.6) is 0 Å². The molecule has 2 N–H and O–H groups in total. The molecule has 0 aliphatic rings. The minimum atomic E-state index is 0. The van der Waals surface area contributed by atoms with Gasteiger partial charge in [0.2, 0.25) is 0 Å². The zero-order valence-corrected chi connectivity index (χ0v) is 20.4. The van der Waals surface area contributed by atoms with Gasteiger partial charge in [0.05, 0.1) is 0 Å². The number of nitrogens with zero attached hydrogens (tertiary/aromatic N) is 5. The summed E-state index contributed by atoms with van der Waals surface area (Å²) in [7, 11) is 0. The van der Waals surface area contributed by atoms with Gasteiger partial charge in [0.1, 0.15) is 5.69 Å². The molecule has 0 unspecified atom stereocenters. The third-order valence-electron chi connectivity index (χ3n) is 4.84. The fraction of sp³-hybridized carbons (Fsp3) is 0.304. The quantitative estimate of drug-likeness (QED) is 0.144. The second kappa shape index (κ2) is 12.2. The molecule has 0 bridgehead atoms. The Kier molecular flexibility index (Phi) is 9.02. The molecule has 3 aromatic heterocycles. The Morgan fingerprint density at radius 3 is 2.81 bits per heavy atom. The van der Waals surface area contributed by atoms with Crippen molar-refractivity contribution < 1.29 is 4.52 Å². The fourth-order valence-corrected chi connectivity index (χ4v) is 3.35. The summed E-state index contributed by atoms with van der Waals surface area (Å²) in [6, 6.07) is 16.2. The number of hydrogen-bond donors (Lipinski definition) is 2. The van der Waals surface area contributed by atoms with Gasteiger partial charge in [-0.2, -0.15) is 4.98 Å². The lowest BCUT2D eigenvalue weighted by Crippen LogP contribution is -2.38. The maximum absolute atomic E-state index is 5.30. The molecule has 0 spiro atoms. The van der Waals surface area contributed by atoms with Gasteiger partial charge >= 0.3 is 0 Å². The van der Waals surface area contributed by atoms with Crippen LogP contribution in [0, 0.1) is 0 Å². The zero-order chi connectivity index (χ0) is 21.3. The number of nitrogens with one attached hydrogen (secondary N) is 2. The van der Waals surface area contributed by atoms with Crippen LogP contribution >= 0.6 is 24.0 Å². The maximum atomic E-state index is 5.30. The normalized spacial score (nSPS) is 11.3. The number of aromatic nitrogens is 4. The van der Waals surface area contributed by atoms with Gasteiger partial charge in [-0.25, -0.2) is 0 Å². The van der Waals surface area contributed by atoms with Crippen LogP contribution in [-0.4, -0.2) is 45.3 Å². The summed E-state index contributed by atoms with van der Waals surface area (Å²) in [4.78, 5) is 13.3. The zero-order valence-electron chi connectivity index (χ0n) is 18.1. The lowest BCUT2D eigenvalue weighted by molar-refractivity contribution is 0.421. The van der Waals surface area contributed by atoms with Crippen molar-refractivity contribution in [3.05, 3.63) is 66.7 Å². The highest BCUT2D eigenvalue weighted by Gasteiger charge is 2.09. The molecule has 0 saturated carbocycles. The topological polar surface area (TPSA) is 93.2 Å². The van der Waals surface area contributed by atoms with E-state index in [-0.39, 0.29) is 24.0 Å². The van der Waals surface area contributed by atoms with Gasteiger partial charge in [-0.3, -0.25) is 9.98 Å². The van der Waals surface area contributed by atoms with Gasteiger partial charge < -0.3 is 19.7 Å². The number of hydrogen-bond acceptors (Lipinski definition) is 5. The summed E-state index contributed by atoms with van der Waals surface area (Å²) in [5.74, 6) is 1.88. The Labute approximate surface area is 204 Å². The third-order valence-corrected chi connectivity index (χ3v) is 4.84. The van der Waals surface area contributed by atoms with E-state index in [9.17, 15) is 0 Å². The molecule has 168 valence electrons. The Morgan fingerprint density at radius 1 is 1.09 bits per heavy atom. The monoisotopic (exact) mass is 545 g/mol. The molecule has 0 atom stereocenters. The predicted octanol–water partition coefficient (Wildman–Crippen LogP) is 3.89. The molecule has 4 rings (SSSR count). The van der Waals surface area contributed by atoms with E-state index in [0.29, 0.717) is 30.4 Å². The minimum absolute atomic E-state index is 0. The van der Waals surface area contributed by atoms with Gasteiger partial charge in [0.25, 0.3) is 5.89 Å². The number of fused-ring (bicyclic) bond motifs is 1. The molecule has 32 heavy (non-hydrogen) atoms. The standard InChI is InChI=1S/C23H27N7O.HI/c1-2-24-23(26-14-7-16-30-17-12-18-8-3-4-10-20(18)30)27-15-11-21-28-22(31-29-21)19-9-5-6-13-25-19;/h3-6,8-10,12-13,17H,2,7,11,14-16H2,1H3,(H2,24,26,27);1H. The summed E-state index contributed by atoms with van der Waals surface area (Å²) in [6.07, 6.45) is 5.45. The van der Waals surface area contributed by atoms with Gasteiger partial charge in [-0.15, -0.1) is 24.0 Å². The van der Waals surface area contributed by atoms with Crippen LogP contribution in [-0.2, 0) is 13.0 Å². The third kappa shape index (κ3) is 6.28. The van der Waals surface area contributed by atoms with Crippen molar-refractivity contribution in [2.45, 2.75) is 26.3 Å². The Morgan fingerprint density at radius 2 is 1.97 bits per heavy atom. The predicted molar refractivity (Wildman–Crippen MR) is 137 cm³/mol. The number of para-hydroxylation sites is 1. The average molecular weight is 545 g/mol. The molecule has 0 saturated heterocycles. The van der Waals surface area contributed by atoms with Crippen molar-refractivity contribution >= 4 is 40.8 Å². The lowest BCUT2D eigenvalue weighted by atomic mass is 10.2. The highest BCUT2D eigenvalue weighted by atomic mass is 127. The van der Waals surface area contributed by atoms with E-state index in [1.165, 1.54) is 10.9 Å². The number of rotatable bonds is 9. The molecule has 0 aliphatic carbocycles. The SMILES string of the molecule is CCNC(=NCCCn1ccc2ccccc21)NCCc1noc(-c2ccccn2)n1.I. The number of aryl methyl sites for hydroxylation is 1. The Bertz CT molecular complexity index is 1120. The molecule has 0 radical (unpaired) electrons. The molecular weight excluding hydrogens is 517 g/mol. The van der Waals surface area contributed by atoms with Crippen molar-refractivity contribution in [2.75, 3.05) is 19.6 Å². The summed E-state index contributed by atoms with van der Waals surface area (Å²) in [6.45, 7) is 5.21. The number of pyridine rings is 1. The fourth-order valence-electron chi connectivity index (χ4n) is 3.35. The van der Waals surface area contributed by atoms with Crippen molar-refractivity contribution in [1.82, 2.24) is 30.3 Å². The largest absolute Gasteiger partial charge is 0.357 e. The molecule has 4 aromatic rings. The van der Waals surface area contributed by atoms with E-state index in [1.807, 2.05) is 18.2 Å². The summed E-state index contributed by atoms with van der Waals surface area (Å²) in [5, 5.41) is 11.9. The minimum Gasteiger partial charge on any atom is -0.357 e. The van der Waals surface area contributed by atoms with E-state index in [2.05, 4.69) is 78.8 Å². The highest BCUT2D eigenvalue weighted by molar-refractivity contribution is 14.0. The van der Waals surface area contributed by atoms with Crippen LogP contribution in [0.15, 0.2) is 70.4 Å². The molecule has 3 heterocycles. The first-order valence-corrected chi connectivity index (χ1v) is 10.6. The molecule has 0 amide bonds. The maximum Gasteiger partial charge on any atom is 0.276 e. The number of guanidine groups is 1. The molecule has 1 aromatic carbocycles. The van der Waals surface area contributed by atoms with E-state index in [4.69, 9.17) is 4.52 Å². The first-order chi connectivity index (χ1) is 15.3. The van der Waals surface area contributed by atoms with E-state index < -0.39 is 0 Å². The smallest absolute Gasteiger partial charge is 0.276 e. The second-order valence-electron chi connectivity index (χ2n) is 7.09. The number of benzene rings is 1. The van der Waals surface area contributed by atoms with Crippen LogP contribution in [0.25, 0.3) is 22.5 Å². The Hall–Kier alpha value is -2.95. The summed E-state index contributed by atoms with van der Waals surface area (Å²) in [5.41, 5.74) is 1.95. The number of halogens is 1. The molecular formula is C23H28IN7O. The van der Waals surface area contributed by atoms with Crippen molar-refractivity contribution in [1.29, 1.82) is 0 Å². The van der Waals surface area contributed by atoms with Gasteiger partial charge in [0, 0.05) is 50.5 Å². The van der Waals surface area contributed by atoms with Gasteiger partial charge in [-0.1, -0.05) is 29.4 Å². The first kappa shape index (κ1) is 23.7. The number of aliphatic imine (C=N–C) groups is 1.